The number of carbonyl (C=O) groups excluding carboxylic acids is 1. The molecule has 17 heavy (non-hydrogen) atoms. The summed E-state index contributed by atoms with van der Waals surface area (Å²) in [6.45, 7) is 3.77. The Bertz CT molecular complexity index is 498. The Kier molecular flexibility index (Phi) is 4.52. The van der Waals surface area contributed by atoms with Crippen molar-refractivity contribution in [2.45, 2.75) is 0 Å². The largest absolute Gasteiger partial charge is 0.508 e. The second kappa shape index (κ2) is 6.13. The molecule has 0 heterocycles. The molecular formula is C13H12N2O2. The smallest absolute Gasteiger partial charge is 0.262 e. The van der Waals surface area contributed by atoms with Gasteiger partial charge in [-0.05, 0) is 23.8 Å². The van der Waals surface area contributed by atoms with Gasteiger partial charge in [-0.15, -0.1) is 6.58 Å². The predicted octanol–water partition coefficient (Wildman–Crippen LogP) is 1.60. The van der Waals surface area contributed by atoms with Crippen LogP contribution in [0, 0.1) is 11.3 Å². The molecule has 0 aromatic heterocycles. The van der Waals surface area contributed by atoms with E-state index in [4.69, 9.17) is 5.26 Å². The van der Waals surface area contributed by atoms with Gasteiger partial charge in [0.25, 0.3) is 5.91 Å². The second-order valence-electron chi connectivity index (χ2n) is 3.26. The van der Waals surface area contributed by atoms with Crippen molar-refractivity contribution in [2.24, 2.45) is 0 Å². The molecule has 0 saturated carbocycles. The van der Waals surface area contributed by atoms with Gasteiger partial charge in [-0.3, -0.25) is 4.79 Å². The van der Waals surface area contributed by atoms with Gasteiger partial charge in [0, 0.05) is 6.54 Å². The van der Waals surface area contributed by atoms with Gasteiger partial charge in [-0.1, -0.05) is 18.2 Å². The first-order valence-corrected chi connectivity index (χ1v) is 4.97. The summed E-state index contributed by atoms with van der Waals surface area (Å²) >= 11 is 0. The molecule has 86 valence electrons. The van der Waals surface area contributed by atoms with Crippen molar-refractivity contribution in [3.63, 3.8) is 0 Å². The maximum Gasteiger partial charge on any atom is 0.262 e. The van der Waals surface area contributed by atoms with Crippen LogP contribution in [0.3, 0.4) is 0 Å². The Labute approximate surface area is 99.5 Å². The molecule has 1 rings (SSSR count). The lowest BCUT2D eigenvalue weighted by molar-refractivity contribution is -0.116. The number of hydrogen-bond donors (Lipinski definition) is 2. The van der Waals surface area contributed by atoms with E-state index in [1.807, 2.05) is 6.07 Å². The molecule has 0 spiro atoms. The van der Waals surface area contributed by atoms with Gasteiger partial charge in [-0.25, -0.2) is 0 Å². The Morgan fingerprint density at radius 2 is 2.35 bits per heavy atom. The summed E-state index contributed by atoms with van der Waals surface area (Å²) in [5.41, 5.74) is 0.577. The molecule has 0 unspecified atom stereocenters. The number of carbonyl (C=O) groups is 1. The van der Waals surface area contributed by atoms with Crippen LogP contribution in [0.25, 0.3) is 6.08 Å². The fourth-order valence-electron chi connectivity index (χ4n) is 1.19. The molecule has 2 N–H and O–H groups in total. The van der Waals surface area contributed by atoms with Gasteiger partial charge < -0.3 is 10.4 Å². The molecule has 0 fully saturated rings. The van der Waals surface area contributed by atoms with Crippen LogP contribution in [-0.4, -0.2) is 17.6 Å². The van der Waals surface area contributed by atoms with E-state index in [-0.39, 0.29) is 11.3 Å². The molecule has 4 nitrogen and oxygen atoms in total. The van der Waals surface area contributed by atoms with E-state index in [9.17, 15) is 9.90 Å². The highest BCUT2D eigenvalue weighted by atomic mass is 16.3. The first-order valence-electron chi connectivity index (χ1n) is 4.97. The molecule has 1 aromatic carbocycles. The van der Waals surface area contributed by atoms with Crippen LogP contribution in [0.15, 0.2) is 42.5 Å². The number of rotatable bonds is 4. The van der Waals surface area contributed by atoms with Gasteiger partial charge in [0.15, 0.2) is 0 Å². The van der Waals surface area contributed by atoms with Crippen molar-refractivity contribution in [2.75, 3.05) is 6.54 Å². The normalized spacial score (nSPS) is 10.4. The van der Waals surface area contributed by atoms with Crippen LogP contribution < -0.4 is 5.32 Å². The molecule has 0 saturated heterocycles. The van der Waals surface area contributed by atoms with Gasteiger partial charge in [0.2, 0.25) is 0 Å². The van der Waals surface area contributed by atoms with Crippen LogP contribution >= 0.6 is 0 Å². The van der Waals surface area contributed by atoms with E-state index >= 15 is 0 Å². The van der Waals surface area contributed by atoms with Crippen molar-refractivity contribution in [1.82, 2.24) is 5.32 Å². The zero-order valence-corrected chi connectivity index (χ0v) is 9.18. The predicted molar refractivity (Wildman–Crippen MR) is 64.9 cm³/mol. The SMILES string of the molecule is C=CCNC(=O)/C(C#N)=C/c1cccc(O)c1. The standard InChI is InChI=1S/C13H12N2O2/c1-2-6-15-13(17)11(9-14)7-10-4-3-5-12(16)8-10/h2-5,7-8,16H,1,6H2,(H,15,17)/b11-7+. The highest BCUT2D eigenvalue weighted by Crippen LogP contribution is 2.13. The molecule has 0 bridgehead atoms. The maximum atomic E-state index is 11.5. The zero-order chi connectivity index (χ0) is 12.7. The summed E-state index contributed by atoms with van der Waals surface area (Å²) in [4.78, 5) is 11.5. The van der Waals surface area contributed by atoms with Gasteiger partial charge in [-0.2, -0.15) is 5.26 Å². The molecule has 0 radical (unpaired) electrons. The lowest BCUT2D eigenvalue weighted by Crippen LogP contribution is -2.24. The highest BCUT2D eigenvalue weighted by molar-refractivity contribution is 6.01. The van der Waals surface area contributed by atoms with Crippen LogP contribution in [0.2, 0.25) is 0 Å². The van der Waals surface area contributed by atoms with E-state index in [1.54, 1.807) is 12.1 Å². The van der Waals surface area contributed by atoms with Gasteiger partial charge in [0.05, 0.1) is 0 Å². The van der Waals surface area contributed by atoms with E-state index in [0.717, 1.165) is 0 Å². The minimum Gasteiger partial charge on any atom is -0.508 e. The number of phenols is 1. The van der Waals surface area contributed by atoms with Crippen molar-refractivity contribution in [3.05, 3.63) is 48.1 Å². The lowest BCUT2D eigenvalue weighted by atomic mass is 10.1. The first-order chi connectivity index (χ1) is 8.17. The van der Waals surface area contributed by atoms with Crippen molar-refractivity contribution < 1.29 is 9.90 Å². The van der Waals surface area contributed by atoms with E-state index < -0.39 is 5.91 Å². The maximum absolute atomic E-state index is 11.5. The van der Waals surface area contributed by atoms with Crippen LogP contribution in [0.4, 0.5) is 0 Å². The molecule has 0 aliphatic rings. The average molecular weight is 228 g/mol. The summed E-state index contributed by atoms with van der Waals surface area (Å²) < 4.78 is 0. The second-order valence-corrected chi connectivity index (χ2v) is 3.26. The van der Waals surface area contributed by atoms with Crippen molar-refractivity contribution >= 4 is 12.0 Å². The molecular weight excluding hydrogens is 216 g/mol. The number of phenolic OH excluding ortho intramolecular Hbond substituents is 1. The quantitative estimate of drug-likeness (QED) is 0.467. The molecule has 0 aliphatic carbocycles. The summed E-state index contributed by atoms with van der Waals surface area (Å²) in [7, 11) is 0. The third-order valence-electron chi connectivity index (χ3n) is 1.95. The van der Waals surface area contributed by atoms with Crippen LogP contribution in [-0.2, 0) is 4.79 Å². The number of nitrogens with one attached hydrogen (secondary N) is 1. The number of amides is 1. The van der Waals surface area contributed by atoms with Gasteiger partial charge >= 0.3 is 0 Å². The number of nitrogens with zero attached hydrogens (tertiary/aromatic N) is 1. The Morgan fingerprint density at radius 1 is 1.59 bits per heavy atom. The average Bonchev–Trinajstić information content (AvgIpc) is 2.33. The van der Waals surface area contributed by atoms with Crippen molar-refractivity contribution in [1.29, 1.82) is 5.26 Å². The number of nitriles is 1. The lowest BCUT2D eigenvalue weighted by Gasteiger charge is -2.00. The molecule has 1 amide bonds. The molecule has 0 atom stereocenters. The number of benzene rings is 1. The van der Waals surface area contributed by atoms with E-state index in [0.29, 0.717) is 12.1 Å². The third kappa shape index (κ3) is 3.84. The number of aromatic hydroxyl groups is 1. The Balaban J connectivity index is 2.91. The highest BCUT2D eigenvalue weighted by Gasteiger charge is 2.07. The summed E-state index contributed by atoms with van der Waals surface area (Å²) in [6, 6.07) is 8.13. The molecule has 1 aromatic rings. The van der Waals surface area contributed by atoms with Gasteiger partial charge in [0.1, 0.15) is 17.4 Å². The van der Waals surface area contributed by atoms with E-state index in [1.165, 1.54) is 24.3 Å². The minimum absolute atomic E-state index is 0.0162. The summed E-state index contributed by atoms with van der Waals surface area (Å²) in [5.74, 6) is -0.377. The summed E-state index contributed by atoms with van der Waals surface area (Å²) in [6.07, 6.45) is 2.94. The fourth-order valence-corrected chi connectivity index (χ4v) is 1.19. The Hall–Kier alpha value is -2.54. The van der Waals surface area contributed by atoms with Crippen molar-refractivity contribution in [3.8, 4) is 11.8 Å². The van der Waals surface area contributed by atoms with Crippen LogP contribution in [0.1, 0.15) is 5.56 Å². The minimum atomic E-state index is -0.462. The molecule has 4 heteroatoms. The number of hydrogen-bond acceptors (Lipinski definition) is 3. The monoisotopic (exact) mass is 228 g/mol. The summed E-state index contributed by atoms with van der Waals surface area (Å²) in [5, 5.41) is 20.6. The topological polar surface area (TPSA) is 73.1 Å². The molecule has 0 aliphatic heterocycles. The first kappa shape index (κ1) is 12.5. The van der Waals surface area contributed by atoms with Crippen LogP contribution in [0.5, 0.6) is 5.75 Å². The Morgan fingerprint density at radius 3 is 2.94 bits per heavy atom. The fraction of sp³-hybridized carbons (Fsp3) is 0.0769. The third-order valence-corrected chi connectivity index (χ3v) is 1.95. The zero-order valence-electron chi connectivity index (χ0n) is 9.18. The van der Waals surface area contributed by atoms with E-state index in [2.05, 4.69) is 11.9 Å².